The van der Waals surface area contributed by atoms with Crippen LogP contribution < -0.4 is 4.80 Å². The summed E-state index contributed by atoms with van der Waals surface area (Å²) in [5.41, 5.74) is 0.508. The van der Waals surface area contributed by atoms with Crippen LogP contribution in [0.5, 0.6) is 0 Å². The highest BCUT2D eigenvalue weighted by Crippen LogP contribution is 2.25. The maximum absolute atomic E-state index is 14.1. The van der Waals surface area contributed by atoms with Crippen LogP contribution in [0.25, 0.3) is 10.2 Å². The molecule has 26 heavy (non-hydrogen) atoms. The molecule has 0 radical (unpaired) electrons. The van der Waals surface area contributed by atoms with Gasteiger partial charge in [-0.2, -0.15) is 4.99 Å². The lowest BCUT2D eigenvalue weighted by Crippen LogP contribution is -2.27. The smallest absolute Gasteiger partial charge is 0.326 e. The van der Waals surface area contributed by atoms with Gasteiger partial charge < -0.3 is 9.67 Å². The standard InChI is InChI=1S/C18H14F2N2O3S/c1-2-13(17(24)25)22-14-5-3-4-12(20)15(14)26-18(22)21-16(23)10-6-8-11(19)9-7-10/h3-9,13H,2H2,1H3,(H,24,25). The van der Waals surface area contributed by atoms with Crippen molar-refractivity contribution in [1.82, 2.24) is 4.57 Å². The largest absolute Gasteiger partial charge is 0.480 e. The van der Waals surface area contributed by atoms with Crippen LogP contribution >= 0.6 is 11.3 Å². The number of amides is 1. The van der Waals surface area contributed by atoms with Crippen molar-refractivity contribution in [2.75, 3.05) is 0 Å². The molecule has 0 aliphatic carbocycles. The van der Waals surface area contributed by atoms with Gasteiger partial charge in [0.1, 0.15) is 17.7 Å². The van der Waals surface area contributed by atoms with E-state index in [1.165, 1.54) is 28.8 Å². The minimum atomic E-state index is -1.10. The quantitative estimate of drug-likeness (QED) is 0.754. The van der Waals surface area contributed by atoms with Gasteiger partial charge in [-0.3, -0.25) is 4.79 Å². The zero-order valence-corrected chi connectivity index (χ0v) is 14.5. The summed E-state index contributed by atoms with van der Waals surface area (Å²) in [6.07, 6.45) is 0.232. The van der Waals surface area contributed by atoms with Crippen molar-refractivity contribution in [3.05, 3.63) is 64.5 Å². The first-order valence-corrected chi connectivity index (χ1v) is 8.61. The molecule has 1 heterocycles. The van der Waals surface area contributed by atoms with Crippen LogP contribution in [-0.4, -0.2) is 21.6 Å². The molecule has 1 unspecified atom stereocenters. The number of rotatable bonds is 4. The zero-order valence-electron chi connectivity index (χ0n) is 13.6. The average Bonchev–Trinajstić information content (AvgIpc) is 2.95. The van der Waals surface area contributed by atoms with Crippen LogP contribution in [0.1, 0.15) is 29.7 Å². The van der Waals surface area contributed by atoms with Gasteiger partial charge in [0.15, 0.2) is 4.80 Å². The third-order valence-corrected chi connectivity index (χ3v) is 4.96. The Morgan fingerprint density at radius 3 is 2.50 bits per heavy atom. The van der Waals surface area contributed by atoms with Crippen LogP contribution in [0.4, 0.5) is 8.78 Å². The molecule has 134 valence electrons. The number of carbonyl (C=O) groups is 2. The summed E-state index contributed by atoms with van der Waals surface area (Å²) in [6.45, 7) is 1.68. The predicted octanol–water partition coefficient (Wildman–Crippen LogP) is 3.76. The summed E-state index contributed by atoms with van der Waals surface area (Å²) in [4.78, 5) is 28.1. The van der Waals surface area contributed by atoms with Gasteiger partial charge in [-0.05, 0) is 42.8 Å². The minimum absolute atomic E-state index is 0.0775. The number of halogens is 2. The van der Waals surface area contributed by atoms with E-state index >= 15 is 0 Å². The molecule has 0 aliphatic rings. The number of hydrogen-bond donors (Lipinski definition) is 1. The zero-order chi connectivity index (χ0) is 18.8. The number of hydrogen-bond acceptors (Lipinski definition) is 3. The number of carboxylic acid groups (broad SMARTS) is 1. The van der Waals surface area contributed by atoms with Crippen molar-refractivity contribution >= 4 is 33.4 Å². The SMILES string of the molecule is CCC(C(=O)O)n1c(=NC(=O)c2ccc(F)cc2)sc2c(F)cccc21. The maximum atomic E-state index is 14.1. The summed E-state index contributed by atoms with van der Waals surface area (Å²) < 4.78 is 28.7. The van der Waals surface area contributed by atoms with E-state index < -0.39 is 29.6 Å². The number of thiazole rings is 1. The minimum Gasteiger partial charge on any atom is -0.480 e. The number of aromatic nitrogens is 1. The normalized spacial score (nSPS) is 13.1. The van der Waals surface area contributed by atoms with Crippen LogP contribution in [0, 0.1) is 11.6 Å². The third-order valence-electron chi connectivity index (χ3n) is 3.88. The summed E-state index contributed by atoms with van der Waals surface area (Å²) in [6, 6.07) is 8.16. The van der Waals surface area contributed by atoms with Gasteiger partial charge in [0.05, 0.1) is 10.2 Å². The molecule has 0 saturated carbocycles. The summed E-state index contributed by atoms with van der Waals surface area (Å²) in [5.74, 6) is -2.77. The fourth-order valence-corrected chi connectivity index (χ4v) is 3.69. The molecule has 3 aromatic rings. The fourth-order valence-electron chi connectivity index (χ4n) is 2.62. The lowest BCUT2D eigenvalue weighted by atomic mass is 10.2. The average molecular weight is 376 g/mol. The second kappa shape index (κ2) is 7.17. The summed E-state index contributed by atoms with van der Waals surface area (Å²) in [7, 11) is 0. The van der Waals surface area contributed by atoms with Crippen molar-refractivity contribution in [3.63, 3.8) is 0 Å². The summed E-state index contributed by atoms with van der Waals surface area (Å²) >= 11 is 0.901. The van der Waals surface area contributed by atoms with E-state index in [9.17, 15) is 23.5 Å². The fraction of sp³-hybridized carbons (Fsp3) is 0.167. The maximum Gasteiger partial charge on any atom is 0.326 e. The number of carboxylic acids is 1. The third kappa shape index (κ3) is 3.28. The van der Waals surface area contributed by atoms with Crippen LogP contribution in [-0.2, 0) is 4.79 Å². The molecule has 0 bridgehead atoms. The Balaban J connectivity index is 2.24. The number of nitrogens with zero attached hydrogens (tertiary/aromatic N) is 2. The number of fused-ring (bicyclic) bond motifs is 1. The summed E-state index contributed by atoms with van der Waals surface area (Å²) in [5, 5.41) is 9.50. The number of benzene rings is 2. The van der Waals surface area contributed by atoms with Gasteiger partial charge in [0.25, 0.3) is 5.91 Å². The molecule has 1 atom stereocenters. The van der Waals surface area contributed by atoms with Crippen LogP contribution in [0.3, 0.4) is 0 Å². The highest BCUT2D eigenvalue weighted by molar-refractivity contribution is 7.16. The lowest BCUT2D eigenvalue weighted by molar-refractivity contribution is -0.140. The van der Waals surface area contributed by atoms with E-state index in [1.54, 1.807) is 13.0 Å². The van der Waals surface area contributed by atoms with Gasteiger partial charge >= 0.3 is 5.97 Å². The molecule has 8 heteroatoms. The van der Waals surface area contributed by atoms with Crippen LogP contribution in [0.15, 0.2) is 47.5 Å². The first-order valence-electron chi connectivity index (χ1n) is 7.79. The molecular formula is C18H14F2N2O3S. The molecule has 1 N–H and O–H groups in total. The number of carbonyl (C=O) groups excluding carboxylic acids is 1. The lowest BCUT2D eigenvalue weighted by Gasteiger charge is -2.13. The Kier molecular flexibility index (Phi) is 4.94. The number of aliphatic carboxylic acids is 1. The topological polar surface area (TPSA) is 71.7 Å². The van der Waals surface area contributed by atoms with Gasteiger partial charge in [0, 0.05) is 5.56 Å². The Hall–Kier alpha value is -2.87. The predicted molar refractivity (Wildman–Crippen MR) is 93.0 cm³/mol. The molecule has 0 saturated heterocycles. The Labute approximate surface area is 150 Å². The molecule has 0 spiro atoms. The van der Waals surface area contributed by atoms with Gasteiger partial charge in [-0.15, -0.1) is 0 Å². The van der Waals surface area contributed by atoms with Gasteiger partial charge in [-0.25, -0.2) is 13.6 Å². The Morgan fingerprint density at radius 2 is 1.88 bits per heavy atom. The van der Waals surface area contributed by atoms with E-state index in [0.29, 0.717) is 5.52 Å². The second-order valence-electron chi connectivity index (χ2n) is 5.53. The molecule has 3 rings (SSSR count). The van der Waals surface area contributed by atoms with Crippen molar-refractivity contribution in [1.29, 1.82) is 0 Å². The monoisotopic (exact) mass is 376 g/mol. The Bertz CT molecular complexity index is 1050. The molecule has 1 amide bonds. The van der Waals surface area contributed by atoms with Crippen molar-refractivity contribution in [2.45, 2.75) is 19.4 Å². The molecular weight excluding hydrogens is 362 g/mol. The molecule has 5 nitrogen and oxygen atoms in total. The van der Waals surface area contributed by atoms with Gasteiger partial charge in [0.2, 0.25) is 0 Å². The molecule has 0 fully saturated rings. The highest BCUT2D eigenvalue weighted by Gasteiger charge is 2.23. The first kappa shape index (κ1) is 17.9. The van der Waals surface area contributed by atoms with Crippen LogP contribution in [0.2, 0.25) is 0 Å². The first-order chi connectivity index (χ1) is 12.4. The Morgan fingerprint density at radius 1 is 1.19 bits per heavy atom. The van der Waals surface area contributed by atoms with E-state index in [2.05, 4.69) is 4.99 Å². The van der Waals surface area contributed by atoms with E-state index in [4.69, 9.17) is 0 Å². The van der Waals surface area contributed by atoms with Crippen molar-refractivity contribution < 1.29 is 23.5 Å². The molecule has 0 aliphatic heterocycles. The van der Waals surface area contributed by atoms with Gasteiger partial charge in [-0.1, -0.05) is 24.3 Å². The van der Waals surface area contributed by atoms with Crippen molar-refractivity contribution in [3.8, 4) is 0 Å². The van der Waals surface area contributed by atoms with E-state index in [0.717, 1.165) is 23.5 Å². The molecule has 2 aromatic carbocycles. The van der Waals surface area contributed by atoms with Crippen molar-refractivity contribution in [2.24, 2.45) is 4.99 Å². The molecule has 1 aromatic heterocycles. The second-order valence-corrected chi connectivity index (χ2v) is 6.51. The van der Waals surface area contributed by atoms with E-state index in [1.807, 2.05) is 0 Å². The highest BCUT2D eigenvalue weighted by atomic mass is 32.1. The van der Waals surface area contributed by atoms with E-state index in [-0.39, 0.29) is 21.5 Å².